The van der Waals surface area contributed by atoms with E-state index in [-0.39, 0.29) is 29.9 Å². The van der Waals surface area contributed by atoms with E-state index >= 15 is 0 Å². The van der Waals surface area contributed by atoms with Crippen LogP contribution >= 0.6 is 0 Å². The summed E-state index contributed by atoms with van der Waals surface area (Å²) in [6.45, 7) is 16.1. The molecule has 0 fully saturated rings. The number of aliphatic carboxylic acids is 1. The molecule has 0 aromatic heterocycles. The van der Waals surface area contributed by atoms with Crippen LogP contribution in [0.4, 0.5) is 14.4 Å². The molecule has 232 valence electrons. The Balaban J connectivity index is 3.46. The summed E-state index contributed by atoms with van der Waals surface area (Å²) in [6, 6.07) is 2.71. The number of carboxylic acid groups (broad SMARTS) is 1. The molecule has 5 unspecified atom stereocenters. The van der Waals surface area contributed by atoms with Gasteiger partial charge in [0.25, 0.3) is 0 Å². The molecule has 0 bridgehead atoms. The van der Waals surface area contributed by atoms with Crippen molar-refractivity contribution in [2.45, 2.75) is 99.0 Å². The third kappa shape index (κ3) is 11.5. The molecule has 0 spiro atoms. The standard InChI is InChI=1S/C29H45NO11/c1-10-13-36-27(33)39-20(9)17(6)24(25(30)26(31)32)21-11-12-22(40-28(34)37-18(7)15(2)3)23(14-21)41-29(35)38-19(8)16(4)5/h11-12,14-20,24-25H,10,13,30H2,1-9H3,(H,31,32)/t17?,18?,19?,20?,24?,25-/m0/s1. The predicted octanol–water partition coefficient (Wildman–Crippen LogP) is 5.89. The summed E-state index contributed by atoms with van der Waals surface area (Å²) in [5.41, 5.74) is 6.41. The molecule has 12 heteroatoms. The van der Waals surface area contributed by atoms with E-state index in [0.29, 0.717) is 12.0 Å². The Hall–Kier alpha value is -3.54. The van der Waals surface area contributed by atoms with E-state index in [1.54, 1.807) is 27.7 Å². The first-order valence-electron chi connectivity index (χ1n) is 13.8. The largest absolute Gasteiger partial charge is 0.514 e. The molecule has 12 nitrogen and oxygen atoms in total. The predicted molar refractivity (Wildman–Crippen MR) is 149 cm³/mol. The summed E-state index contributed by atoms with van der Waals surface area (Å²) in [7, 11) is 0. The first-order chi connectivity index (χ1) is 19.1. The topological polar surface area (TPSA) is 170 Å². The van der Waals surface area contributed by atoms with Crippen molar-refractivity contribution >= 4 is 24.4 Å². The molecular weight excluding hydrogens is 538 g/mol. The second-order valence-corrected chi connectivity index (χ2v) is 10.7. The van der Waals surface area contributed by atoms with Gasteiger partial charge in [0.1, 0.15) is 24.4 Å². The van der Waals surface area contributed by atoms with Crippen molar-refractivity contribution in [3.63, 3.8) is 0 Å². The lowest BCUT2D eigenvalue weighted by Crippen LogP contribution is -2.42. The molecule has 0 aliphatic carbocycles. The fourth-order valence-corrected chi connectivity index (χ4v) is 3.46. The third-order valence-corrected chi connectivity index (χ3v) is 6.87. The van der Waals surface area contributed by atoms with E-state index in [0.717, 1.165) is 0 Å². The highest BCUT2D eigenvalue weighted by Crippen LogP contribution is 2.37. The first kappa shape index (κ1) is 35.5. The number of rotatable bonds is 14. The Kier molecular flexibility index (Phi) is 14.4. The van der Waals surface area contributed by atoms with E-state index in [4.69, 9.17) is 34.2 Å². The Labute approximate surface area is 241 Å². The number of hydrogen-bond donors (Lipinski definition) is 2. The third-order valence-electron chi connectivity index (χ3n) is 6.87. The molecule has 0 saturated heterocycles. The quantitative estimate of drug-likeness (QED) is 0.151. The van der Waals surface area contributed by atoms with E-state index in [1.807, 2.05) is 34.6 Å². The summed E-state index contributed by atoms with van der Waals surface area (Å²) in [5.74, 6) is -3.23. The van der Waals surface area contributed by atoms with E-state index in [9.17, 15) is 24.3 Å². The van der Waals surface area contributed by atoms with Crippen LogP contribution in [0.15, 0.2) is 18.2 Å². The zero-order valence-electron chi connectivity index (χ0n) is 25.4. The summed E-state index contributed by atoms with van der Waals surface area (Å²) in [5, 5.41) is 9.76. The van der Waals surface area contributed by atoms with Gasteiger partial charge in [0.15, 0.2) is 11.5 Å². The van der Waals surface area contributed by atoms with Crippen LogP contribution in [-0.2, 0) is 23.7 Å². The average Bonchev–Trinajstić information content (AvgIpc) is 2.88. The number of benzene rings is 1. The molecule has 1 aromatic rings. The van der Waals surface area contributed by atoms with Gasteiger partial charge < -0.3 is 39.3 Å². The highest BCUT2D eigenvalue weighted by molar-refractivity contribution is 5.75. The SMILES string of the molecule is CCCOC(=O)OC(C)C(C)C(c1ccc(OC(=O)OC(C)C(C)C)c(OC(=O)OC(C)C(C)C)c1)[C@H](N)C(=O)O. The van der Waals surface area contributed by atoms with Gasteiger partial charge in [-0.3, -0.25) is 4.79 Å². The zero-order chi connectivity index (χ0) is 31.4. The minimum absolute atomic E-state index is 0.00130. The second kappa shape index (κ2) is 16.7. The van der Waals surface area contributed by atoms with Crippen LogP contribution in [0, 0.1) is 17.8 Å². The molecule has 6 atom stereocenters. The Morgan fingerprint density at radius 2 is 1.24 bits per heavy atom. The van der Waals surface area contributed by atoms with Crippen molar-refractivity contribution in [3.8, 4) is 11.5 Å². The van der Waals surface area contributed by atoms with Crippen molar-refractivity contribution in [2.24, 2.45) is 23.5 Å². The summed E-state index contributed by atoms with van der Waals surface area (Å²) in [4.78, 5) is 49.1. The molecule has 1 aromatic carbocycles. The normalized spacial score (nSPS) is 15.6. The smallest absolute Gasteiger partial charge is 0.480 e. The summed E-state index contributed by atoms with van der Waals surface area (Å²) in [6.07, 6.45) is -4.10. The van der Waals surface area contributed by atoms with Crippen LogP contribution in [0.2, 0.25) is 0 Å². The lowest BCUT2D eigenvalue weighted by Gasteiger charge is -2.31. The van der Waals surface area contributed by atoms with Crippen LogP contribution in [0.25, 0.3) is 0 Å². The number of carbonyl (C=O) groups is 4. The van der Waals surface area contributed by atoms with E-state index < -0.39 is 60.6 Å². The van der Waals surface area contributed by atoms with Gasteiger partial charge in [-0.2, -0.15) is 0 Å². The van der Waals surface area contributed by atoms with E-state index in [1.165, 1.54) is 18.2 Å². The molecule has 0 radical (unpaired) electrons. The van der Waals surface area contributed by atoms with Gasteiger partial charge in [0.05, 0.1) is 6.61 Å². The van der Waals surface area contributed by atoms with Crippen LogP contribution in [0.3, 0.4) is 0 Å². The average molecular weight is 584 g/mol. The van der Waals surface area contributed by atoms with Crippen molar-refractivity contribution in [1.82, 2.24) is 0 Å². The van der Waals surface area contributed by atoms with Gasteiger partial charge in [0, 0.05) is 11.8 Å². The van der Waals surface area contributed by atoms with Gasteiger partial charge in [0.2, 0.25) is 0 Å². The number of nitrogens with two attached hydrogens (primary N) is 1. The lowest BCUT2D eigenvalue weighted by molar-refractivity contribution is -0.139. The molecule has 0 heterocycles. The highest BCUT2D eigenvalue weighted by atomic mass is 16.8. The van der Waals surface area contributed by atoms with Gasteiger partial charge in [-0.15, -0.1) is 0 Å². The lowest BCUT2D eigenvalue weighted by atomic mass is 9.79. The van der Waals surface area contributed by atoms with Crippen molar-refractivity contribution in [3.05, 3.63) is 23.8 Å². The van der Waals surface area contributed by atoms with Crippen molar-refractivity contribution in [2.75, 3.05) is 6.61 Å². The highest BCUT2D eigenvalue weighted by Gasteiger charge is 2.36. The fourth-order valence-electron chi connectivity index (χ4n) is 3.46. The first-order valence-corrected chi connectivity index (χ1v) is 13.8. The number of hydrogen-bond acceptors (Lipinski definition) is 11. The Bertz CT molecular complexity index is 1030. The van der Waals surface area contributed by atoms with Gasteiger partial charge in [-0.25, -0.2) is 14.4 Å². The van der Waals surface area contributed by atoms with Crippen molar-refractivity contribution < 1.29 is 52.7 Å². The fraction of sp³-hybridized carbons (Fsp3) is 0.655. The number of carbonyl (C=O) groups excluding carboxylic acids is 3. The maximum absolute atomic E-state index is 12.6. The second-order valence-electron chi connectivity index (χ2n) is 10.7. The number of carboxylic acids is 1. The minimum Gasteiger partial charge on any atom is -0.480 e. The maximum atomic E-state index is 12.6. The van der Waals surface area contributed by atoms with Gasteiger partial charge in [-0.05, 0) is 56.7 Å². The minimum atomic E-state index is -1.44. The van der Waals surface area contributed by atoms with Crippen LogP contribution < -0.4 is 15.2 Å². The molecule has 0 saturated carbocycles. The van der Waals surface area contributed by atoms with Gasteiger partial charge in [-0.1, -0.05) is 47.6 Å². The molecule has 0 aliphatic rings. The summed E-state index contributed by atoms with van der Waals surface area (Å²) < 4.78 is 31.6. The van der Waals surface area contributed by atoms with Crippen LogP contribution in [0.5, 0.6) is 11.5 Å². The molecule has 3 N–H and O–H groups in total. The zero-order valence-corrected chi connectivity index (χ0v) is 25.4. The van der Waals surface area contributed by atoms with Crippen molar-refractivity contribution in [1.29, 1.82) is 0 Å². The Morgan fingerprint density at radius 1 is 0.756 bits per heavy atom. The van der Waals surface area contributed by atoms with E-state index in [2.05, 4.69) is 0 Å². The summed E-state index contributed by atoms with van der Waals surface area (Å²) >= 11 is 0. The number of ether oxygens (including phenoxy) is 6. The molecule has 0 amide bonds. The molecule has 0 aliphatic heterocycles. The Morgan fingerprint density at radius 3 is 1.71 bits per heavy atom. The van der Waals surface area contributed by atoms with Gasteiger partial charge >= 0.3 is 24.4 Å². The monoisotopic (exact) mass is 583 g/mol. The molecule has 41 heavy (non-hydrogen) atoms. The van der Waals surface area contributed by atoms with Crippen LogP contribution in [-0.4, -0.2) is 60.5 Å². The molecular formula is C29H45NO11. The maximum Gasteiger partial charge on any atom is 0.514 e. The van der Waals surface area contributed by atoms with Crippen LogP contribution in [0.1, 0.15) is 80.2 Å². The molecule has 1 rings (SSSR count).